The molecular weight excluding hydrogens is 675 g/mol. The van der Waals surface area contributed by atoms with Crippen LogP contribution in [0.3, 0.4) is 0 Å². The van der Waals surface area contributed by atoms with E-state index in [0.29, 0.717) is 36.0 Å². The van der Waals surface area contributed by atoms with Gasteiger partial charge < -0.3 is 31.0 Å². The summed E-state index contributed by atoms with van der Waals surface area (Å²) < 4.78 is 10.9. The highest BCUT2D eigenvalue weighted by Crippen LogP contribution is 2.41. The fraction of sp³-hybridized carbons (Fsp3) is 0.615. The van der Waals surface area contributed by atoms with E-state index in [2.05, 4.69) is 40.7 Å². The highest BCUT2D eigenvalue weighted by Gasteiger charge is 2.54. The monoisotopic (exact) mass is 709 g/mol. The molecule has 2 aliphatic heterocycles. The summed E-state index contributed by atoms with van der Waals surface area (Å²) in [4.78, 5) is 61.6. The van der Waals surface area contributed by atoms with Gasteiger partial charge in [-0.2, -0.15) is 9.36 Å². The lowest BCUT2D eigenvalue weighted by Crippen LogP contribution is -2.71. The van der Waals surface area contributed by atoms with E-state index in [-0.39, 0.29) is 34.2 Å². The molecule has 18 nitrogen and oxygen atoms in total. The van der Waals surface area contributed by atoms with Crippen LogP contribution in [0.2, 0.25) is 0 Å². The topological polar surface area (TPSA) is 242 Å². The molecule has 3 amide bonds. The van der Waals surface area contributed by atoms with Gasteiger partial charge in [-0.05, 0) is 68.9 Å². The van der Waals surface area contributed by atoms with Gasteiger partial charge in [0.05, 0.1) is 0 Å². The molecule has 2 unspecified atom stereocenters. The number of nitrogen functional groups attached to an aromatic ring is 1. The minimum atomic E-state index is -1.26. The minimum absolute atomic E-state index is 0.0185. The zero-order valence-electron chi connectivity index (χ0n) is 25.9. The lowest BCUT2D eigenvalue weighted by Gasteiger charge is -2.49. The van der Waals surface area contributed by atoms with Crippen LogP contribution in [0.4, 0.5) is 9.93 Å². The molecule has 0 radical (unpaired) electrons. The van der Waals surface area contributed by atoms with Gasteiger partial charge in [0.1, 0.15) is 28.8 Å². The van der Waals surface area contributed by atoms with Crippen molar-refractivity contribution in [3.05, 3.63) is 17.1 Å². The number of oxime groups is 1. The number of hydrogen-bond donors (Lipinski definition) is 4. The lowest BCUT2D eigenvalue weighted by molar-refractivity contribution is -0.150. The number of rotatable bonds is 13. The molecule has 0 spiro atoms. The maximum atomic E-state index is 13.3. The minimum Gasteiger partial charge on any atom is -0.477 e. The van der Waals surface area contributed by atoms with Gasteiger partial charge in [-0.3, -0.25) is 14.5 Å². The van der Waals surface area contributed by atoms with Crippen molar-refractivity contribution in [1.29, 1.82) is 0 Å². The number of anilines is 1. The number of tetrazole rings is 1. The predicted octanol–water partition coefficient (Wildman–Crippen LogP) is 1.22. The first kappa shape index (κ1) is 34.4. The number of nitrogens with zero attached hydrogens (tertiary/aromatic N) is 8. The van der Waals surface area contributed by atoms with E-state index >= 15 is 0 Å². The Kier molecular flexibility index (Phi) is 10.8. The molecular formula is C26H35N11O7S3. The number of aromatic nitrogens is 6. The van der Waals surface area contributed by atoms with Crippen molar-refractivity contribution in [2.75, 3.05) is 23.8 Å². The summed E-state index contributed by atoms with van der Waals surface area (Å²) in [6, 6.07) is -0.995. The van der Waals surface area contributed by atoms with Crippen molar-refractivity contribution in [2.45, 2.75) is 87.7 Å². The first-order valence-electron chi connectivity index (χ1n) is 14.8. The van der Waals surface area contributed by atoms with Crippen LogP contribution < -0.4 is 16.4 Å². The van der Waals surface area contributed by atoms with E-state index in [1.807, 2.05) is 0 Å². The molecule has 0 bridgehead atoms. The van der Waals surface area contributed by atoms with Gasteiger partial charge in [0.2, 0.25) is 16.7 Å². The van der Waals surface area contributed by atoms with Crippen molar-refractivity contribution >= 4 is 69.8 Å². The third kappa shape index (κ3) is 8.49. The van der Waals surface area contributed by atoms with Crippen LogP contribution >= 0.6 is 35.1 Å². The van der Waals surface area contributed by atoms with Crippen molar-refractivity contribution < 1.29 is 33.9 Å². The van der Waals surface area contributed by atoms with Gasteiger partial charge in [-0.25, -0.2) is 14.3 Å². The Morgan fingerprint density at radius 1 is 1.23 bits per heavy atom. The summed E-state index contributed by atoms with van der Waals surface area (Å²) in [5, 5.41) is 31.2. The lowest BCUT2D eigenvalue weighted by atomic mass is 10.0. The van der Waals surface area contributed by atoms with Crippen LogP contribution in [-0.4, -0.2) is 110 Å². The number of fused-ring (bicyclic) bond motifs is 1. The Labute approximate surface area is 281 Å². The normalized spacial score (nSPS) is 20.1. The summed E-state index contributed by atoms with van der Waals surface area (Å²) in [5.74, 6) is -2.06. The zero-order chi connectivity index (χ0) is 33.7. The summed E-state index contributed by atoms with van der Waals surface area (Å²) in [5.41, 5.74) is 5.29. The number of hydrogen-bond acceptors (Lipinski definition) is 16. The third-order valence-electron chi connectivity index (χ3n) is 7.09. The molecule has 254 valence electrons. The quantitative estimate of drug-likeness (QED) is 0.0751. The van der Waals surface area contributed by atoms with E-state index in [9.17, 15) is 24.3 Å². The molecule has 21 heteroatoms. The maximum Gasteiger partial charge on any atom is 0.407 e. The third-order valence-corrected chi connectivity index (χ3v) is 10.0. The van der Waals surface area contributed by atoms with Gasteiger partial charge in [-0.1, -0.05) is 16.9 Å². The van der Waals surface area contributed by atoms with Gasteiger partial charge in [0.15, 0.2) is 5.13 Å². The Morgan fingerprint density at radius 2 is 2.00 bits per heavy atom. The van der Waals surface area contributed by atoms with Crippen molar-refractivity contribution in [3.8, 4) is 0 Å². The first-order chi connectivity index (χ1) is 22.4. The number of alkyl carbamates (subject to hydrolysis) is 1. The number of nitrogens with two attached hydrogens (primary N) is 1. The number of nitrogens with one attached hydrogen (secondary N) is 2. The number of carbonyl (C=O) groups is 4. The Morgan fingerprint density at radius 3 is 2.68 bits per heavy atom. The van der Waals surface area contributed by atoms with Crippen molar-refractivity contribution in [1.82, 2.24) is 45.1 Å². The molecule has 1 saturated carbocycles. The molecule has 5 N–H and O–H groups in total. The second-order valence-corrected chi connectivity index (χ2v) is 14.6. The van der Waals surface area contributed by atoms with E-state index in [4.69, 9.17) is 15.3 Å². The summed E-state index contributed by atoms with van der Waals surface area (Å²) >= 11 is 3.46. The second-order valence-electron chi connectivity index (χ2n) is 11.8. The first-order valence-corrected chi connectivity index (χ1v) is 17.6. The molecule has 2 fully saturated rings. The molecule has 5 rings (SSSR count). The van der Waals surface area contributed by atoms with Crippen LogP contribution in [0, 0.1) is 0 Å². The largest absolute Gasteiger partial charge is 0.477 e. The van der Waals surface area contributed by atoms with E-state index in [1.165, 1.54) is 28.4 Å². The van der Waals surface area contributed by atoms with E-state index in [0.717, 1.165) is 37.2 Å². The van der Waals surface area contributed by atoms with Crippen molar-refractivity contribution in [3.63, 3.8) is 0 Å². The average molecular weight is 710 g/mol. The molecule has 47 heavy (non-hydrogen) atoms. The highest BCUT2D eigenvalue weighted by atomic mass is 32.2. The number of amides is 3. The zero-order valence-corrected chi connectivity index (χ0v) is 28.3. The number of carboxylic acids is 1. The van der Waals surface area contributed by atoms with Crippen LogP contribution in [0.15, 0.2) is 21.6 Å². The van der Waals surface area contributed by atoms with E-state index in [1.54, 1.807) is 25.5 Å². The SMILES string of the molecule is CC(C)(C)OC(=O)NCCCn1nnnc1SCC1=C(C(=O)O)N2C(=O)C(NC(=O)/C(=N/OC3CCCC3)c3nsc(N)n3)C2SC1. The fourth-order valence-corrected chi connectivity index (χ4v) is 7.79. The molecule has 2 aromatic rings. The van der Waals surface area contributed by atoms with Crippen LogP contribution in [0.5, 0.6) is 0 Å². The molecule has 2 aromatic heterocycles. The summed E-state index contributed by atoms with van der Waals surface area (Å²) in [7, 11) is 0. The standard InChI is InChI=1S/C26H35N11O7S3/c1-26(2,3)43-25(42)28-9-6-10-36-24(31-34-35-36)46-12-13-11-45-21-16(20(39)37(21)17(13)22(40)41)29-19(38)15(18-30-23(27)47-33-18)32-44-14-7-4-5-8-14/h14,16,21H,4-12H2,1-3H3,(H,28,42)(H,29,38)(H,40,41)(H2,27,30,33)/b32-15+. The van der Waals surface area contributed by atoms with Gasteiger partial charge in [0.25, 0.3) is 11.8 Å². The Balaban J connectivity index is 1.19. The number of carboxylic acid groups (broad SMARTS) is 1. The van der Waals surface area contributed by atoms with Gasteiger partial charge in [0, 0.05) is 36.1 Å². The Bertz CT molecular complexity index is 1560. The van der Waals surface area contributed by atoms with Crippen LogP contribution in [-0.2, 0) is 30.5 Å². The summed E-state index contributed by atoms with van der Waals surface area (Å²) in [6.45, 7) is 6.08. The fourth-order valence-electron chi connectivity index (χ4n) is 4.97. The summed E-state index contributed by atoms with van der Waals surface area (Å²) in [6.07, 6.45) is 3.51. The van der Waals surface area contributed by atoms with Crippen LogP contribution in [0.1, 0.15) is 58.7 Å². The average Bonchev–Trinajstić information content (AvgIpc) is 3.79. The van der Waals surface area contributed by atoms with Crippen molar-refractivity contribution in [2.24, 2.45) is 5.16 Å². The number of ether oxygens (including phenoxy) is 1. The molecule has 4 heterocycles. The second kappa shape index (κ2) is 14.8. The molecule has 0 aromatic carbocycles. The number of β-lactam (4-membered cyclic amide) rings is 1. The molecule has 3 aliphatic rings. The number of aryl methyl sites for hydroxylation is 1. The predicted molar refractivity (Wildman–Crippen MR) is 171 cm³/mol. The molecule has 1 aliphatic carbocycles. The number of carbonyl (C=O) groups excluding carboxylic acids is 3. The van der Waals surface area contributed by atoms with E-state index < -0.39 is 40.9 Å². The van der Waals surface area contributed by atoms with Crippen LogP contribution in [0.25, 0.3) is 0 Å². The van der Waals surface area contributed by atoms with Gasteiger partial charge >= 0.3 is 12.1 Å². The van der Waals surface area contributed by atoms with Gasteiger partial charge in [-0.15, -0.1) is 16.9 Å². The highest BCUT2D eigenvalue weighted by molar-refractivity contribution is 8.01. The number of aliphatic carboxylic acids is 1. The maximum absolute atomic E-state index is 13.3. The Hall–Kier alpha value is -3.98. The smallest absolute Gasteiger partial charge is 0.407 e. The number of thioether (sulfide) groups is 2. The molecule has 2 atom stereocenters. The molecule has 1 saturated heterocycles.